The lowest BCUT2D eigenvalue weighted by Gasteiger charge is -2.07. The highest BCUT2D eigenvalue weighted by Crippen LogP contribution is 2.21. The summed E-state index contributed by atoms with van der Waals surface area (Å²) in [6.45, 7) is 0.528. The fourth-order valence-electron chi connectivity index (χ4n) is 3.33. The number of anilines is 1. The summed E-state index contributed by atoms with van der Waals surface area (Å²) in [7, 11) is 0. The summed E-state index contributed by atoms with van der Waals surface area (Å²) in [5.74, 6) is -1.26. The molecule has 6 heteroatoms. The highest BCUT2D eigenvalue weighted by molar-refractivity contribution is 6.09. The van der Waals surface area contributed by atoms with E-state index in [0.29, 0.717) is 17.8 Å². The summed E-state index contributed by atoms with van der Waals surface area (Å²) >= 11 is 0. The van der Waals surface area contributed by atoms with Gasteiger partial charge in [-0.1, -0.05) is 18.2 Å². The van der Waals surface area contributed by atoms with Crippen molar-refractivity contribution >= 4 is 28.6 Å². The molecular weight excluding hydrogens is 396 g/mol. The SMILES string of the molecule is N#C/C(=C\c1ccc2c(ccn2Cc2cccc(F)c2)c1)C(=O)Nc1ccc(F)cc1. The van der Waals surface area contributed by atoms with Crippen molar-refractivity contribution < 1.29 is 13.6 Å². The number of aromatic nitrogens is 1. The van der Waals surface area contributed by atoms with E-state index in [-0.39, 0.29) is 11.4 Å². The number of amides is 1. The van der Waals surface area contributed by atoms with E-state index >= 15 is 0 Å². The first-order valence-corrected chi connectivity index (χ1v) is 9.54. The zero-order valence-electron chi connectivity index (χ0n) is 16.3. The van der Waals surface area contributed by atoms with Gasteiger partial charge in [0.05, 0.1) is 0 Å². The zero-order chi connectivity index (χ0) is 21.8. The van der Waals surface area contributed by atoms with Crippen molar-refractivity contribution in [3.63, 3.8) is 0 Å². The third-order valence-electron chi connectivity index (χ3n) is 4.82. The number of nitrogens with one attached hydrogen (secondary N) is 1. The molecule has 1 N–H and O–H groups in total. The van der Waals surface area contributed by atoms with Crippen molar-refractivity contribution in [1.82, 2.24) is 4.57 Å². The third-order valence-corrected chi connectivity index (χ3v) is 4.82. The Kier molecular flexibility index (Phi) is 5.59. The number of nitrogens with zero attached hydrogens (tertiary/aromatic N) is 2. The Hall–Kier alpha value is -4.24. The Morgan fingerprint density at radius 2 is 1.81 bits per heavy atom. The van der Waals surface area contributed by atoms with Crippen LogP contribution in [0.4, 0.5) is 14.5 Å². The molecule has 4 aromatic rings. The molecule has 0 saturated carbocycles. The van der Waals surface area contributed by atoms with Gasteiger partial charge >= 0.3 is 0 Å². The summed E-state index contributed by atoms with van der Waals surface area (Å²) in [4.78, 5) is 12.4. The number of nitriles is 1. The van der Waals surface area contributed by atoms with Crippen LogP contribution in [0, 0.1) is 23.0 Å². The van der Waals surface area contributed by atoms with Crippen LogP contribution < -0.4 is 5.32 Å². The highest BCUT2D eigenvalue weighted by atomic mass is 19.1. The molecule has 1 amide bonds. The number of fused-ring (bicyclic) bond motifs is 1. The Bertz CT molecular complexity index is 1330. The highest BCUT2D eigenvalue weighted by Gasteiger charge is 2.10. The van der Waals surface area contributed by atoms with Gasteiger partial charge in [-0.2, -0.15) is 5.26 Å². The normalized spacial score (nSPS) is 11.3. The second kappa shape index (κ2) is 8.64. The molecule has 3 aromatic carbocycles. The largest absolute Gasteiger partial charge is 0.343 e. The Morgan fingerprint density at radius 3 is 2.55 bits per heavy atom. The van der Waals surface area contributed by atoms with E-state index in [1.807, 2.05) is 47.2 Å². The van der Waals surface area contributed by atoms with Crippen LogP contribution in [-0.4, -0.2) is 10.5 Å². The summed E-state index contributed by atoms with van der Waals surface area (Å²) in [6, 6.07) is 21.2. The minimum absolute atomic E-state index is 0.0668. The summed E-state index contributed by atoms with van der Waals surface area (Å²) in [6.07, 6.45) is 3.41. The molecule has 0 bridgehead atoms. The van der Waals surface area contributed by atoms with Crippen LogP contribution in [0.15, 0.2) is 84.6 Å². The molecule has 4 nitrogen and oxygen atoms in total. The smallest absolute Gasteiger partial charge is 0.266 e. The van der Waals surface area contributed by atoms with Gasteiger partial charge in [0.25, 0.3) is 5.91 Å². The summed E-state index contributed by atoms with van der Waals surface area (Å²) in [5, 5.41) is 12.9. The van der Waals surface area contributed by atoms with Crippen molar-refractivity contribution in [3.8, 4) is 6.07 Å². The predicted octanol–water partition coefficient (Wildman–Crippen LogP) is 5.51. The molecule has 4 rings (SSSR count). The second-order valence-corrected chi connectivity index (χ2v) is 7.02. The number of hydrogen-bond donors (Lipinski definition) is 1. The molecule has 0 atom stereocenters. The van der Waals surface area contributed by atoms with Crippen LogP contribution in [0.5, 0.6) is 0 Å². The molecule has 0 aliphatic rings. The maximum Gasteiger partial charge on any atom is 0.266 e. The van der Waals surface area contributed by atoms with Crippen LogP contribution >= 0.6 is 0 Å². The molecular formula is C25H17F2N3O. The van der Waals surface area contributed by atoms with E-state index < -0.39 is 11.7 Å². The molecule has 0 radical (unpaired) electrons. The van der Waals surface area contributed by atoms with Crippen molar-refractivity contribution in [1.29, 1.82) is 5.26 Å². The number of hydrogen-bond acceptors (Lipinski definition) is 2. The lowest BCUT2D eigenvalue weighted by molar-refractivity contribution is -0.112. The number of carbonyl (C=O) groups excluding carboxylic acids is 1. The lowest BCUT2D eigenvalue weighted by Crippen LogP contribution is -2.13. The fourth-order valence-corrected chi connectivity index (χ4v) is 3.33. The Morgan fingerprint density at radius 1 is 1.00 bits per heavy atom. The Balaban J connectivity index is 1.56. The quantitative estimate of drug-likeness (QED) is 0.346. The molecule has 31 heavy (non-hydrogen) atoms. The number of carbonyl (C=O) groups is 1. The van der Waals surface area contributed by atoms with Gasteiger partial charge in [-0.15, -0.1) is 0 Å². The van der Waals surface area contributed by atoms with Gasteiger partial charge in [-0.05, 0) is 71.8 Å². The van der Waals surface area contributed by atoms with Gasteiger partial charge < -0.3 is 9.88 Å². The van der Waals surface area contributed by atoms with E-state index in [1.54, 1.807) is 6.07 Å². The van der Waals surface area contributed by atoms with E-state index in [9.17, 15) is 18.8 Å². The van der Waals surface area contributed by atoms with Crippen LogP contribution in [-0.2, 0) is 11.3 Å². The predicted molar refractivity (Wildman–Crippen MR) is 116 cm³/mol. The lowest BCUT2D eigenvalue weighted by atomic mass is 10.1. The molecule has 0 spiro atoms. The second-order valence-electron chi connectivity index (χ2n) is 7.02. The first-order valence-electron chi connectivity index (χ1n) is 9.54. The standard InChI is InChI=1S/C25H17F2N3O/c26-21-5-7-23(8-6-21)29-25(31)20(15-28)13-17-4-9-24-19(12-17)10-11-30(24)16-18-2-1-3-22(27)14-18/h1-14H,16H2,(H,29,31)/b20-13+. The average Bonchev–Trinajstić information content (AvgIpc) is 3.15. The molecule has 0 aliphatic carbocycles. The van der Waals surface area contributed by atoms with Crippen LogP contribution in [0.3, 0.4) is 0 Å². The van der Waals surface area contributed by atoms with E-state index in [2.05, 4.69) is 5.32 Å². The van der Waals surface area contributed by atoms with Crippen LogP contribution in [0.1, 0.15) is 11.1 Å². The van der Waals surface area contributed by atoms with Gasteiger partial charge in [0, 0.05) is 29.3 Å². The van der Waals surface area contributed by atoms with Crippen molar-refractivity contribution in [2.24, 2.45) is 0 Å². The maximum absolute atomic E-state index is 13.4. The van der Waals surface area contributed by atoms with Gasteiger partial charge in [-0.3, -0.25) is 4.79 Å². The number of halogens is 2. The minimum atomic E-state index is -0.571. The fraction of sp³-hybridized carbons (Fsp3) is 0.0400. The van der Waals surface area contributed by atoms with Crippen LogP contribution in [0.25, 0.3) is 17.0 Å². The summed E-state index contributed by atoms with van der Waals surface area (Å²) in [5.41, 5.74) is 2.84. The van der Waals surface area contributed by atoms with Crippen molar-refractivity contribution in [3.05, 3.63) is 107 Å². The molecule has 152 valence electrons. The van der Waals surface area contributed by atoms with Gasteiger partial charge in [0.15, 0.2) is 0 Å². The van der Waals surface area contributed by atoms with Gasteiger partial charge in [0.1, 0.15) is 23.3 Å². The van der Waals surface area contributed by atoms with Crippen LogP contribution in [0.2, 0.25) is 0 Å². The van der Waals surface area contributed by atoms with E-state index in [4.69, 9.17) is 0 Å². The zero-order valence-corrected chi connectivity index (χ0v) is 16.3. The number of rotatable bonds is 5. The Labute approximate surface area is 177 Å². The van der Waals surface area contributed by atoms with Gasteiger partial charge in [-0.25, -0.2) is 8.78 Å². The van der Waals surface area contributed by atoms with E-state index in [0.717, 1.165) is 16.5 Å². The van der Waals surface area contributed by atoms with Crippen molar-refractivity contribution in [2.45, 2.75) is 6.54 Å². The monoisotopic (exact) mass is 413 g/mol. The first-order chi connectivity index (χ1) is 15.0. The van der Waals surface area contributed by atoms with Crippen molar-refractivity contribution in [2.75, 3.05) is 5.32 Å². The van der Waals surface area contributed by atoms with Gasteiger partial charge in [0.2, 0.25) is 0 Å². The molecule has 1 aromatic heterocycles. The minimum Gasteiger partial charge on any atom is -0.343 e. The van der Waals surface area contributed by atoms with E-state index in [1.165, 1.54) is 42.5 Å². The molecule has 1 heterocycles. The average molecular weight is 413 g/mol. The topological polar surface area (TPSA) is 57.8 Å². The molecule has 0 unspecified atom stereocenters. The molecule has 0 saturated heterocycles. The molecule has 0 fully saturated rings. The number of benzene rings is 3. The summed E-state index contributed by atoms with van der Waals surface area (Å²) < 4.78 is 28.5. The maximum atomic E-state index is 13.4. The first kappa shape index (κ1) is 20.0. The third kappa shape index (κ3) is 4.68. The molecule has 0 aliphatic heterocycles.